The van der Waals surface area contributed by atoms with Crippen molar-refractivity contribution in [1.82, 2.24) is 9.88 Å². The summed E-state index contributed by atoms with van der Waals surface area (Å²) in [6.45, 7) is 2.61. The van der Waals surface area contributed by atoms with Crippen molar-refractivity contribution < 1.29 is 19.4 Å². The second-order valence-corrected chi connectivity index (χ2v) is 6.32. The molecule has 2 aromatic rings. The summed E-state index contributed by atoms with van der Waals surface area (Å²) in [7, 11) is 1.54. The summed E-state index contributed by atoms with van der Waals surface area (Å²) in [5.41, 5.74) is 2.47. The molecule has 3 rings (SSSR count). The predicted octanol–water partition coefficient (Wildman–Crippen LogP) is 2.71. The second-order valence-electron chi connectivity index (χ2n) is 6.32. The summed E-state index contributed by atoms with van der Waals surface area (Å²) >= 11 is 0. The topological polar surface area (TPSA) is 79.7 Å². The first-order valence-corrected chi connectivity index (χ1v) is 8.85. The van der Waals surface area contributed by atoms with Gasteiger partial charge in [0.1, 0.15) is 5.76 Å². The molecule has 1 N–H and O–H groups in total. The number of ether oxygens (including phenoxy) is 1. The van der Waals surface area contributed by atoms with E-state index in [0.717, 1.165) is 17.5 Å². The van der Waals surface area contributed by atoms with E-state index in [0.29, 0.717) is 12.2 Å². The van der Waals surface area contributed by atoms with Gasteiger partial charge in [0.25, 0.3) is 11.7 Å². The van der Waals surface area contributed by atoms with E-state index in [1.54, 1.807) is 19.2 Å². The molecular formula is C21H22N2O4. The number of amides is 1. The van der Waals surface area contributed by atoms with E-state index in [1.807, 2.05) is 24.3 Å². The fraction of sp³-hybridized carbons (Fsp3) is 0.286. The highest BCUT2D eigenvalue weighted by Gasteiger charge is 2.45. The first-order valence-electron chi connectivity index (χ1n) is 8.85. The molecule has 2 heterocycles. The molecule has 0 aliphatic carbocycles. The van der Waals surface area contributed by atoms with Gasteiger partial charge in [0.15, 0.2) is 0 Å². The lowest BCUT2D eigenvalue weighted by Crippen LogP contribution is -2.32. The van der Waals surface area contributed by atoms with Crippen LogP contribution in [0.5, 0.6) is 0 Å². The van der Waals surface area contributed by atoms with Crippen LogP contribution in [0.15, 0.2) is 54.4 Å². The van der Waals surface area contributed by atoms with Crippen molar-refractivity contribution in [3.05, 3.63) is 71.1 Å². The SMILES string of the molecule is CCc1ccc(C2/C(=C(/O)c3ccncc3)C(=O)C(=O)N2CCOC)cc1. The molecule has 1 atom stereocenters. The fourth-order valence-corrected chi connectivity index (χ4v) is 3.25. The van der Waals surface area contributed by atoms with Crippen molar-refractivity contribution in [3.63, 3.8) is 0 Å². The number of methoxy groups -OCH3 is 1. The van der Waals surface area contributed by atoms with E-state index in [9.17, 15) is 14.7 Å². The number of pyridine rings is 1. The first-order chi connectivity index (χ1) is 13.1. The van der Waals surface area contributed by atoms with E-state index in [-0.39, 0.29) is 17.9 Å². The third-order valence-electron chi connectivity index (χ3n) is 4.73. The quantitative estimate of drug-likeness (QED) is 0.483. The van der Waals surface area contributed by atoms with Crippen molar-refractivity contribution in [2.75, 3.05) is 20.3 Å². The Balaban J connectivity index is 2.13. The highest BCUT2D eigenvalue weighted by molar-refractivity contribution is 6.46. The van der Waals surface area contributed by atoms with Crippen LogP contribution in [0.2, 0.25) is 0 Å². The van der Waals surface area contributed by atoms with Gasteiger partial charge in [0, 0.05) is 31.6 Å². The van der Waals surface area contributed by atoms with Gasteiger partial charge >= 0.3 is 0 Å². The van der Waals surface area contributed by atoms with Crippen LogP contribution in [0.3, 0.4) is 0 Å². The maximum Gasteiger partial charge on any atom is 0.295 e. The molecule has 1 aromatic heterocycles. The summed E-state index contributed by atoms with van der Waals surface area (Å²) in [4.78, 5) is 30.7. The zero-order chi connectivity index (χ0) is 19.4. The number of aryl methyl sites for hydroxylation is 1. The van der Waals surface area contributed by atoms with Crippen LogP contribution in [-0.4, -0.2) is 46.9 Å². The maximum absolute atomic E-state index is 12.7. The zero-order valence-electron chi connectivity index (χ0n) is 15.4. The molecule has 1 unspecified atom stereocenters. The van der Waals surface area contributed by atoms with Gasteiger partial charge in [-0.15, -0.1) is 0 Å². The van der Waals surface area contributed by atoms with E-state index < -0.39 is 17.7 Å². The van der Waals surface area contributed by atoms with Gasteiger partial charge in [-0.1, -0.05) is 31.2 Å². The van der Waals surface area contributed by atoms with Gasteiger partial charge in [0.05, 0.1) is 18.2 Å². The van der Waals surface area contributed by atoms with E-state index in [1.165, 1.54) is 17.3 Å². The summed E-state index contributed by atoms with van der Waals surface area (Å²) in [5.74, 6) is -1.52. The Labute approximate surface area is 158 Å². The molecule has 0 saturated carbocycles. The molecule has 1 saturated heterocycles. The van der Waals surface area contributed by atoms with Gasteiger partial charge in [-0.3, -0.25) is 14.6 Å². The Bertz CT molecular complexity index is 860. The summed E-state index contributed by atoms with van der Waals surface area (Å²) in [5, 5.41) is 10.8. The number of rotatable bonds is 6. The fourth-order valence-electron chi connectivity index (χ4n) is 3.25. The molecule has 0 radical (unpaired) electrons. The lowest BCUT2D eigenvalue weighted by Gasteiger charge is -2.25. The monoisotopic (exact) mass is 366 g/mol. The Morgan fingerprint density at radius 1 is 1.15 bits per heavy atom. The number of ketones is 1. The Hall–Kier alpha value is -2.99. The van der Waals surface area contributed by atoms with Crippen molar-refractivity contribution in [2.24, 2.45) is 0 Å². The van der Waals surface area contributed by atoms with Crippen LogP contribution >= 0.6 is 0 Å². The van der Waals surface area contributed by atoms with E-state index in [2.05, 4.69) is 11.9 Å². The highest BCUT2D eigenvalue weighted by Crippen LogP contribution is 2.39. The molecule has 1 aromatic carbocycles. The molecule has 1 fully saturated rings. The number of hydrogen-bond acceptors (Lipinski definition) is 5. The predicted molar refractivity (Wildman–Crippen MR) is 101 cm³/mol. The Morgan fingerprint density at radius 3 is 2.41 bits per heavy atom. The van der Waals surface area contributed by atoms with Crippen LogP contribution in [-0.2, 0) is 20.7 Å². The lowest BCUT2D eigenvalue weighted by atomic mass is 9.94. The molecular weight excluding hydrogens is 344 g/mol. The molecule has 6 heteroatoms. The van der Waals surface area contributed by atoms with Crippen LogP contribution in [0.1, 0.15) is 29.7 Å². The number of hydrogen-bond donors (Lipinski definition) is 1. The second kappa shape index (κ2) is 8.14. The number of aliphatic hydroxyl groups excluding tert-OH is 1. The normalized spacial score (nSPS) is 18.9. The third-order valence-corrected chi connectivity index (χ3v) is 4.73. The highest BCUT2D eigenvalue weighted by atomic mass is 16.5. The molecule has 1 aliphatic rings. The number of likely N-dealkylation sites (tertiary alicyclic amines) is 1. The number of benzene rings is 1. The number of carbonyl (C=O) groups excluding carboxylic acids is 2. The number of aromatic nitrogens is 1. The van der Waals surface area contributed by atoms with Crippen LogP contribution in [0, 0.1) is 0 Å². The smallest absolute Gasteiger partial charge is 0.295 e. The van der Waals surface area contributed by atoms with Crippen LogP contribution in [0.25, 0.3) is 5.76 Å². The van der Waals surface area contributed by atoms with Gasteiger partial charge in [0.2, 0.25) is 0 Å². The number of nitrogens with zero attached hydrogens (tertiary/aromatic N) is 2. The van der Waals surface area contributed by atoms with Crippen molar-refractivity contribution in [2.45, 2.75) is 19.4 Å². The molecule has 6 nitrogen and oxygen atoms in total. The van der Waals surface area contributed by atoms with Crippen molar-refractivity contribution in [1.29, 1.82) is 0 Å². The molecule has 27 heavy (non-hydrogen) atoms. The van der Waals surface area contributed by atoms with Crippen LogP contribution < -0.4 is 0 Å². The standard InChI is InChI=1S/C21H22N2O4/c1-3-14-4-6-15(7-5-14)18-17(19(24)16-8-10-22-11-9-16)20(25)21(26)23(18)12-13-27-2/h4-11,18,24H,3,12-13H2,1-2H3/b19-17-. The Morgan fingerprint density at radius 2 is 1.81 bits per heavy atom. The average Bonchev–Trinajstić information content (AvgIpc) is 2.97. The summed E-state index contributed by atoms with van der Waals surface area (Å²) in [6, 6.07) is 10.3. The van der Waals surface area contributed by atoms with Crippen molar-refractivity contribution >= 4 is 17.4 Å². The minimum absolute atomic E-state index is 0.0894. The van der Waals surface area contributed by atoms with E-state index >= 15 is 0 Å². The minimum atomic E-state index is -0.690. The molecule has 0 bridgehead atoms. The third kappa shape index (κ3) is 3.61. The summed E-state index contributed by atoms with van der Waals surface area (Å²) in [6.07, 6.45) is 3.95. The summed E-state index contributed by atoms with van der Waals surface area (Å²) < 4.78 is 5.10. The lowest BCUT2D eigenvalue weighted by molar-refractivity contribution is -0.140. The molecule has 0 spiro atoms. The zero-order valence-corrected chi connectivity index (χ0v) is 15.4. The number of Topliss-reactive ketones (excluding diaryl/α,β-unsaturated/α-hetero) is 1. The van der Waals surface area contributed by atoms with Gasteiger partial charge in [-0.05, 0) is 29.7 Å². The maximum atomic E-state index is 12.7. The van der Waals surface area contributed by atoms with Crippen LogP contribution in [0.4, 0.5) is 0 Å². The molecule has 1 amide bonds. The largest absolute Gasteiger partial charge is 0.507 e. The molecule has 140 valence electrons. The first kappa shape index (κ1) is 18.8. The van der Waals surface area contributed by atoms with Crippen molar-refractivity contribution in [3.8, 4) is 0 Å². The number of aliphatic hydroxyl groups is 1. The molecule has 1 aliphatic heterocycles. The van der Waals surface area contributed by atoms with Gasteiger partial charge in [-0.25, -0.2) is 0 Å². The minimum Gasteiger partial charge on any atom is -0.507 e. The van der Waals surface area contributed by atoms with Gasteiger partial charge in [-0.2, -0.15) is 0 Å². The average molecular weight is 366 g/mol. The Kier molecular flexibility index (Phi) is 5.66. The number of carbonyl (C=O) groups is 2. The van der Waals surface area contributed by atoms with E-state index in [4.69, 9.17) is 4.74 Å². The van der Waals surface area contributed by atoms with Gasteiger partial charge < -0.3 is 14.7 Å².